The van der Waals surface area contributed by atoms with Gasteiger partial charge in [0, 0.05) is 27.9 Å². The molecule has 0 amide bonds. The number of pyridine rings is 1. The minimum Gasteiger partial charge on any atom is -0.459 e. The smallest absolute Gasteiger partial charge is 0.153 e. The normalized spacial score (nSPS) is 14.8. The van der Waals surface area contributed by atoms with Crippen LogP contribution in [0.2, 0.25) is 0 Å². The van der Waals surface area contributed by atoms with Crippen LogP contribution in [0.15, 0.2) is 173 Å². The number of hydrogen-bond donors (Lipinski definition) is 1. The molecule has 0 aliphatic carbocycles. The van der Waals surface area contributed by atoms with Crippen molar-refractivity contribution in [3.63, 3.8) is 0 Å². The average Bonchev–Trinajstić information content (AvgIpc) is 3.88. The van der Waals surface area contributed by atoms with Gasteiger partial charge in [0.05, 0.1) is 0 Å². The first-order valence-electron chi connectivity index (χ1n) is 17.1. The lowest BCUT2D eigenvalue weighted by Crippen LogP contribution is -2.17. The number of rotatable bonds is 4. The van der Waals surface area contributed by atoms with Crippen LogP contribution < -0.4 is 10.1 Å². The molecule has 9 aromatic rings. The van der Waals surface area contributed by atoms with Gasteiger partial charge in [0.15, 0.2) is 5.58 Å². The number of benzene rings is 6. The van der Waals surface area contributed by atoms with Crippen LogP contribution in [0.5, 0.6) is 5.75 Å². The Kier molecular flexibility index (Phi) is 5.95. The van der Waals surface area contributed by atoms with E-state index in [1.807, 2.05) is 42.7 Å². The molecule has 0 radical (unpaired) electrons. The van der Waals surface area contributed by atoms with Crippen molar-refractivity contribution < 1.29 is 13.6 Å². The van der Waals surface area contributed by atoms with Gasteiger partial charge in [-0.1, -0.05) is 60.7 Å². The monoisotopic (exact) mass is 656 g/mol. The second kappa shape index (κ2) is 10.8. The van der Waals surface area contributed by atoms with Gasteiger partial charge in [-0.25, -0.2) is 0 Å². The minimum atomic E-state index is 0.0575. The molecule has 3 aromatic heterocycles. The second-order valence-electron chi connectivity index (χ2n) is 13.2. The van der Waals surface area contributed by atoms with E-state index in [4.69, 9.17) is 13.6 Å². The SMILES string of the molecule is C1=CNC2C(=C1)Oc1ccc(-c3cccc(-c4ccc5oc6ccc(-c7cccc(-c8ccc9oc%10cccnc%10c9c8)c7)cc6c5c4)c3)cc12. The van der Waals surface area contributed by atoms with Crippen molar-refractivity contribution in [2.75, 3.05) is 0 Å². The first-order valence-corrected chi connectivity index (χ1v) is 17.1. The van der Waals surface area contributed by atoms with Gasteiger partial charge in [-0.05, 0) is 136 Å². The van der Waals surface area contributed by atoms with Gasteiger partial charge in [-0.2, -0.15) is 0 Å². The van der Waals surface area contributed by atoms with E-state index in [1.54, 1.807) is 0 Å². The Morgan fingerprint density at radius 2 is 1.04 bits per heavy atom. The van der Waals surface area contributed by atoms with Crippen molar-refractivity contribution in [3.8, 4) is 50.3 Å². The Morgan fingerprint density at radius 3 is 1.71 bits per heavy atom. The summed E-state index contributed by atoms with van der Waals surface area (Å²) in [5.41, 5.74) is 14.6. The number of aromatic nitrogens is 1. The van der Waals surface area contributed by atoms with E-state index in [1.165, 1.54) is 0 Å². The fourth-order valence-corrected chi connectivity index (χ4v) is 7.65. The van der Waals surface area contributed by atoms with E-state index in [9.17, 15) is 0 Å². The Bertz CT molecular complexity index is 2940. The number of dihydropyridines is 1. The molecule has 0 spiro atoms. The van der Waals surface area contributed by atoms with Gasteiger partial charge in [-0.3, -0.25) is 4.98 Å². The maximum Gasteiger partial charge on any atom is 0.153 e. The van der Waals surface area contributed by atoms with Crippen LogP contribution in [0.3, 0.4) is 0 Å². The van der Waals surface area contributed by atoms with Crippen LogP contribution in [0.25, 0.3) is 88.5 Å². The molecular weight excluding hydrogens is 629 g/mol. The second-order valence-corrected chi connectivity index (χ2v) is 13.2. The maximum atomic E-state index is 6.33. The Hall–Kier alpha value is -6.85. The zero-order chi connectivity index (χ0) is 33.5. The summed E-state index contributed by atoms with van der Waals surface area (Å²) in [5, 5.41) is 6.65. The molecule has 1 atom stereocenters. The lowest BCUT2D eigenvalue weighted by Gasteiger charge is -2.14. The van der Waals surface area contributed by atoms with Crippen LogP contribution in [0.4, 0.5) is 0 Å². The summed E-state index contributed by atoms with van der Waals surface area (Å²) < 4.78 is 18.4. The fourth-order valence-electron chi connectivity index (χ4n) is 7.65. The topological polar surface area (TPSA) is 60.4 Å². The summed E-state index contributed by atoms with van der Waals surface area (Å²) in [6.07, 6.45) is 7.79. The molecule has 240 valence electrons. The molecule has 6 aromatic carbocycles. The highest BCUT2D eigenvalue weighted by molar-refractivity contribution is 6.08. The third-order valence-electron chi connectivity index (χ3n) is 10.2. The zero-order valence-corrected chi connectivity index (χ0v) is 27.3. The number of allylic oxidation sites excluding steroid dienone is 2. The van der Waals surface area contributed by atoms with E-state index in [0.29, 0.717) is 0 Å². The standard InChI is InChI=1S/C46H28N2O3/c1-5-27(21-29(7-1)33-13-17-41-37(25-33)45-43(50-41)9-3-19-47-45)31-11-15-39-35(23-31)36-24-32(12-16-40(36)49-39)28-6-2-8-30(22-28)34-14-18-42-38(26-34)46-44(51-42)10-4-20-48-46/h1-26,45,47H. The molecule has 1 N–H and O–H groups in total. The molecule has 51 heavy (non-hydrogen) atoms. The van der Waals surface area contributed by atoms with E-state index in [2.05, 4.69) is 126 Å². The van der Waals surface area contributed by atoms with Gasteiger partial charge >= 0.3 is 0 Å². The number of nitrogens with zero attached hydrogens (tertiary/aromatic N) is 1. The van der Waals surface area contributed by atoms with E-state index >= 15 is 0 Å². The lowest BCUT2D eigenvalue weighted by atomic mass is 9.95. The minimum absolute atomic E-state index is 0.0575. The highest BCUT2D eigenvalue weighted by Gasteiger charge is 2.30. The number of ether oxygens (including phenoxy) is 1. The molecule has 0 saturated carbocycles. The van der Waals surface area contributed by atoms with Gasteiger partial charge in [0.25, 0.3) is 0 Å². The molecule has 2 aliphatic heterocycles. The van der Waals surface area contributed by atoms with Crippen LogP contribution in [-0.2, 0) is 0 Å². The number of fused-ring (bicyclic) bond motifs is 9. The molecular formula is C46H28N2O3. The molecule has 1 unspecified atom stereocenters. The molecule has 0 bridgehead atoms. The predicted octanol–water partition coefficient (Wildman–Crippen LogP) is 12.0. The van der Waals surface area contributed by atoms with E-state index < -0.39 is 0 Å². The summed E-state index contributed by atoms with van der Waals surface area (Å²) in [5.74, 6) is 1.85. The predicted molar refractivity (Wildman–Crippen MR) is 204 cm³/mol. The van der Waals surface area contributed by atoms with Crippen molar-refractivity contribution in [1.29, 1.82) is 0 Å². The van der Waals surface area contributed by atoms with Crippen LogP contribution in [-0.4, -0.2) is 4.98 Å². The van der Waals surface area contributed by atoms with Gasteiger partial charge in [0.2, 0.25) is 0 Å². The van der Waals surface area contributed by atoms with Crippen molar-refractivity contribution in [2.45, 2.75) is 6.04 Å². The molecule has 0 fully saturated rings. The lowest BCUT2D eigenvalue weighted by molar-refractivity contribution is 0.415. The quantitative estimate of drug-likeness (QED) is 0.204. The third-order valence-corrected chi connectivity index (χ3v) is 10.2. The van der Waals surface area contributed by atoms with Gasteiger partial charge in [-0.15, -0.1) is 0 Å². The van der Waals surface area contributed by atoms with E-state index in [0.717, 1.165) is 106 Å². The number of furan rings is 2. The van der Waals surface area contributed by atoms with Crippen LogP contribution >= 0.6 is 0 Å². The Morgan fingerprint density at radius 1 is 0.490 bits per heavy atom. The molecule has 5 heterocycles. The van der Waals surface area contributed by atoms with E-state index in [-0.39, 0.29) is 6.04 Å². The molecule has 5 nitrogen and oxygen atoms in total. The first-order chi connectivity index (χ1) is 25.2. The first kappa shape index (κ1) is 28.0. The van der Waals surface area contributed by atoms with Crippen molar-refractivity contribution >= 4 is 44.0 Å². The molecule has 0 saturated heterocycles. The van der Waals surface area contributed by atoms with Crippen molar-refractivity contribution in [2.24, 2.45) is 0 Å². The highest BCUT2D eigenvalue weighted by Crippen LogP contribution is 2.43. The third kappa shape index (κ3) is 4.52. The number of hydrogen-bond acceptors (Lipinski definition) is 5. The molecule has 5 heteroatoms. The molecule has 2 aliphatic rings. The van der Waals surface area contributed by atoms with Crippen molar-refractivity contribution in [3.05, 3.63) is 169 Å². The molecule has 11 rings (SSSR count). The summed E-state index contributed by atoms with van der Waals surface area (Å²) in [4.78, 5) is 4.57. The summed E-state index contributed by atoms with van der Waals surface area (Å²) in [6.45, 7) is 0. The summed E-state index contributed by atoms with van der Waals surface area (Å²) in [7, 11) is 0. The van der Waals surface area contributed by atoms with Crippen molar-refractivity contribution in [1.82, 2.24) is 10.3 Å². The summed E-state index contributed by atoms with van der Waals surface area (Å²) >= 11 is 0. The number of nitrogens with one attached hydrogen (secondary N) is 1. The van der Waals surface area contributed by atoms with Crippen LogP contribution in [0.1, 0.15) is 11.6 Å². The average molecular weight is 657 g/mol. The zero-order valence-electron chi connectivity index (χ0n) is 27.3. The highest BCUT2D eigenvalue weighted by atomic mass is 16.5. The largest absolute Gasteiger partial charge is 0.459 e. The Labute approximate surface area is 292 Å². The Balaban J connectivity index is 0.947. The van der Waals surface area contributed by atoms with Gasteiger partial charge < -0.3 is 18.9 Å². The fraction of sp³-hybridized carbons (Fsp3) is 0.0217. The van der Waals surface area contributed by atoms with Gasteiger partial charge in [0.1, 0.15) is 39.8 Å². The maximum absolute atomic E-state index is 6.33. The summed E-state index contributed by atoms with van der Waals surface area (Å²) in [6, 6.07) is 47.1. The van der Waals surface area contributed by atoms with Crippen LogP contribution in [0, 0.1) is 0 Å².